The Bertz CT molecular complexity index is 1270. The normalized spacial score (nSPS) is 10.8. The molecule has 0 saturated heterocycles. The fraction of sp³-hybridized carbons (Fsp3) is 0.0417. The second-order valence-electron chi connectivity index (χ2n) is 6.77. The first kappa shape index (κ1) is 17.9. The van der Waals surface area contributed by atoms with Gasteiger partial charge in [0, 0.05) is 35.9 Å². The van der Waals surface area contributed by atoms with E-state index in [0.29, 0.717) is 6.61 Å². The maximum atomic E-state index is 5.96. The molecule has 146 valence electrons. The van der Waals surface area contributed by atoms with Gasteiger partial charge in [-0.25, -0.2) is 9.50 Å². The third-order valence-electron chi connectivity index (χ3n) is 4.69. The SMILES string of the molecule is c1ccc(COc2cccc(Nc3nc4cccnn4c3-c3ccncc3)c2)cc1. The molecule has 0 aliphatic heterocycles. The van der Waals surface area contributed by atoms with Crippen LogP contribution in [0.15, 0.2) is 97.5 Å². The van der Waals surface area contributed by atoms with Crippen LogP contribution >= 0.6 is 0 Å². The van der Waals surface area contributed by atoms with Crippen LogP contribution in [0.1, 0.15) is 5.56 Å². The molecule has 5 aromatic rings. The Labute approximate surface area is 173 Å². The number of anilines is 2. The van der Waals surface area contributed by atoms with Crippen LogP contribution in [0.25, 0.3) is 16.9 Å². The van der Waals surface area contributed by atoms with Crippen LogP contribution in [0.5, 0.6) is 5.75 Å². The van der Waals surface area contributed by atoms with E-state index in [9.17, 15) is 0 Å². The van der Waals surface area contributed by atoms with Crippen molar-refractivity contribution in [2.45, 2.75) is 6.61 Å². The van der Waals surface area contributed by atoms with Gasteiger partial charge in [0.15, 0.2) is 11.5 Å². The lowest BCUT2D eigenvalue weighted by atomic mass is 10.2. The number of nitrogens with one attached hydrogen (secondary N) is 1. The van der Waals surface area contributed by atoms with Gasteiger partial charge >= 0.3 is 0 Å². The third-order valence-corrected chi connectivity index (χ3v) is 4.69. The molecule has 0 spiro atoms. The van der Waals surface area contributed by atoms with Gasteiger partial charge < -0.3 is 10.1 Å². The Morgan fingerprint density at radius 2 is 1.70 bits per heavy atom. The van der Waals surface area contributed by atoms with E-state index >= 15 is 0 Å². The maximum Gasteiger partial charge on any atom is 0.159 e. The zero-order valence-corrected chi connectivity index (χ0v) is 16.1. The number of benzene rings is 2. The van der Waals surface area contributed by atoms with Gasteiger partial charge in [0.05, 0.1) is 0 Å². The van der Waals surface area contributed by atoms with E-state index < -0.39 is 0 Å². The summed E-state index contributed by atoms with van der Waals surface area (Å²) < 4.78 is 7.78. The maximum absolute atomic E-state index is 5.96. The van der Waals surface area contributed by atoms with Crippen LogP contribution in [-0.2, 0) is 6.61 Å². The number of fused-ring (bicyclic) bond motifs is 1. The van der Waals surface area contributed by atoms with Crippen molar-refractivity contribution in [1.82, 2.24) is 19.6 Å². The summed E-state index contributed by atoms with van der Waals surface area (Å²) >= 11 is 0. The number of aromatic nitrogens is 4. The first-order valence-electron chi connectivity index (χ1n) is 9.65. The second-order valence-corrected chi connectivity index (χ2v) is 6.77. The van der Waals surface area contributed by atoms with Crippen LogP contribution in [0.2, 0.25) is 0 Å². The molecule has 6 nitrogen and oxygen atoms in total. The van der Waals surface area contributed by atoms with E-state index in [0.717, 1.165) is 39.7 Å². The largest absolute Gasteiger partial charge is 0.489 e. The molecule has 0 aliphatic rings. The van der Waals surface area contributed by atoms with E-state index in [4.69, 9.17) is 9.72 Å². The van der Waals surface area contributed by atoms with Gasteiger partial charge in [-0.3, -0.25) is 4.98 Å². The zero-order valence-electron chi connectivity index (χ0n) is 16.1. The van der Waals surface area contributed by atoms with E-state index in [1.165, 1.54) is 0 Å². The van der Waals surface area contributed by atoms with Gasteiger partial charge in [-0.1, -0.05) is 36.4 Å². The predicted molar refractivity (Wildman–Crippen MR) is 117 cm³/mol. The Morgan fingerprint density at radius 3 is 2.57 bits per heavy atom. The van der Waals surface area contributed by atoms with Gasteiger partial charge in [0.1, 0.15) is 18.1 Å². The molecule has 6 heteroatoms. The highest BCUT2D eigenvalue weighted by atomic mass is 16.5. The molecule has 1 N–H and O–H groups in total. The summed E-state index contributed by atoms with van der Waals surface area (Å²) in [6, 6.07) is 25.7. The molecule has 30 heavy (non-hydrogen) atoms. The van der Waals surface area contributed by atoms with E-state index in [2.05, 4.69) is 15.4 Å². The minimum Gasteiger partial charge on any atom is -0.489 e. The monoisotopic (exact) mass is 393 g/mol. The fourth-order valence-electron chi connectivity index (χ4n) is 3.29. The Kier molecular flexibility index (Phi) is 4.79. The molecule has 0 fully saturated rings. The van der Waals surface area contributed by atoms with Gasteiger partial charge in [-0.05, 0) is 42.0 Å². The van der Waals surface area contributed by atoms with Gasteiger partial charge in [0.25, 0.3) is 0 Å². The second kappa shape index (κ2) is 8.05. The molecule has 0 saturated carbocycles. The minimum absolute atomic E-state index is 0.519. The summed E-state index contributed by atoms with van der Waals surface area (Å²) in [7, 11) is 0. The summed E-state index contributed by atoms with van der Waals surface area (Å²) in [6.07, 6.45) is 5.28. The molecule has 0 bridgehead atoms. The fourth-order valence-corrected chi connectivity index (χ4v) is 3.29. The summed E-state index contributed by atoms with van der Waals surface area (Å²) in [4.78, 5) is 8.85. The average Bonchev–Trinajstić information content (AvgIpc) is 3.17. The predicted octanol–water partition coefficient (Wildman–Crippen LogP) is 5.11. The van der Waals surface area contributed by atoms with Crippen LogP contribution < -0.4 is 10.1 Å². The van der Waals surface area contributed by atoms with Crippen LogP contribution in [-0.4, -0.2) is 19.6 Å². The standard InChI is InChI=1S/C24H19N5O/c1-2-6-18(7-3-1)17-30-21-9-4-8-20(16-21)27-24-23(19-11-14-25-15-12-19)29-22(28-24)10-5-13-26-29/h1-16,27H,17H2. The molecule has 0 aliphatic carbocycles. The van der Waals surface area contributed by atoms with E-state index in [1.807, 2.05) is 83.4 Å². The molecule has 0 radical (unpaired) electrons. The van der Waals surface area contributed by atoms with Crippen LogP contribution in [0.3, 0.4) is 0 Å². The smallest absolute Gasteiger partial charge is 0.159 e. The molecular formula is C24H19N5O. The lowest BCUT2D eigenvalue weighted by molar-refractivity contribution is 0.306. The number of pyridine rings is 1. The van der Waals surface area contributed by atoms with Crippen molar-refractivity contribution in [2.24, 2.45) is 0 Å². The Hall–Kier alpha value is -4.19. The van der Waals surface area contributed by atoms with Crippen LogP contribution in [0, 0.1) is 0 Å². The van der Waals surface area contributed by atoms with Crippen molar-refractivity contribution in [1.29, 1.82) is 0 Å². The quantitative estimate of drug-likeness (QED) is 0.434. The molecule has 0 unspecified atom stereocenters. The average molecular weight is 393 g/mol. The van der Waals surface area contributed by atoms with Crippen molar-refractivity contribution < 1.29 is 4.74 Å². The van der Waals surface area contributed by atoms with Crippen molar-refractivity contribution in [3.8, 4) is 17.0 Å². The molecule has 2 aromatic carbocycles. The lowest BCUT2D eigenvalue weighted by Gasteiger charge is -2.10. The zero-order chi connectivity index (χ0) is 20.2. The number of rotatable bonds is 6. The lowest BCUT2D eigenvalue weighted by Crippen LogP contribution is -1.98. The topological polar surface area (TPSA) is 64.3 Å². The van der Waals surface area contributed by atoms with E-state index in [1.54, 1.807) is 18.6 Å². The number of hydrogen-bond acceptors (Lipinski definition) is 5. The number of imidazole rings is 1. The van der Waals surface area contributed by atoms with Crippen molar-refractivity contribution in [3.63, 3.8) is 0 Å². The number of hydrogen-bond donors (Lipinski definition) is 1. The summed E-state index contributed by atoms with van der Waals surface area (Å²) in [5.74, 6) is 1.51. The highest BCUT2D eigenvalue weighted by molar-refractivity contribution is 5.79. The molecule has 3 heterocycles. The van der Waals surface area contributed by atoms with Gasteiger partial charge in [-0.2, -0.15) is 5.10 Å². The molecule has 0 atom stereocenters. The summed E-state index contributed by atoms with van der Waals surface area (Å²) in [5, 5.41) is 7.90. The molecule has 3 aromatic heterocycles. The minimum atomic E-state index is 0.519. The first-order valence-corrected chi connectivity index (χ1v) is 9.65. The number of nitrogens with zero attached hydrogens (tertiary/aromatic N) is 4. The van der Waals surface area contributed by atoms with Crippen molar-refractivity contribution >= 4 is 17.2 Å². The van der Waals surface area contributed by atoms with Gasteiger partial charge in [-0.15, -0.1) is 0 Å². The van der Waals surface area contributed by atoms with E-state index in [-0.39, 0.29) is 0 Å². The van der Waals surface area contributed by atoms with Crippen LogP contribution in [0.4, 0.5) is 11.5 Å². The van der Waals surface area contributed by atoms with Gasteiger partial charge in [0.2, 0.25) is 0 Å². The Morgan fingerprint density at radius 1 is 0.833 bits per heavy atom. The highest BCUT2D eigenvalue weighted by Gasteiger charge is 2.15. The summed E-state index contributed by atoms with van der Waals surface area (Å²) in [5.41, 5.74) is 4.64. The van der Waals surface area contributed by atoms with Crippen molar-refractivity contribution in [3.05, 3.63) is 103 Å². The Balaban J connectivity index is 1.45. The summed E-state index contributed by atoms with van der Waals surface area (Å²) in [6.45, 7) is 0.519. The highest BCUT2D eigenvalue weighted by Crippen LogP contribution is 2.31. The first-order chi connectivity index (χ1) is 14.9. The van der Waals surface area contributed by atoms with Crippen molar-refractivity contribution in [2.75, 3.05) is 5.32 Å². The molecular weight excluding hydrogens is 374 g/mol. The third kappa shape index (κ3) is 3.71. The number of ether oxygens (including phenoxy) is 1. The molecule has 5 rings (SSSR count). The molecule has 0 amide bonds.